The molecule has 49 heteroatoms. The number of aliphatic hydroxyl groups excluding tert-OH is 2. The summed E-state index contributed by atoms with van der Waals surface area (Å²) < 4.78 is 0. The largest absolute Gasteiger partial charge is 0.508 e. The Morgan fingerprint density at radius 3 is 1.25 bits per heavy atom. The maximum atomic E-state index is 14.7. The van der Waals surface area contributed by atoms with E-state index in [0.717, 1.165) is 24.8 Å². The lowest BCUT2D eigenvalue weighted by molar-refractivity contribution is -0.150. The molecule has 3 fully saturated rings. The first-order valence-electron chi connectivity index (χ1n) is 48.8. The summed E-state index contributed by atoms with van der Waals surface area (Å²) in [4.78, 5) is 305. The van der Waals surface area contributed by atoms with Gasteiger partial charge < -0.3 is 142 Å². The zero-order valence-electron chi connectivity index (χ0n) is 85.2. The molecule has 0 aliphatic carbocycles. The van der Waals surface area contributed by atoms with Crippen LogP contribution in [0.2, 0.25) is 0 Å². The molecule has 3 aromatic rings. The number of hydrogen-bond donors (Lipinski definition) is 24. The van der Waals surface area contributed by atoms with E-state index >= 15 is 0 Å². The van der Waals surface area contributed by atoms with E-state index < -0.39 is 271 Å². The van der Waals surface area contributed by atoms with Gasteiger partial charge in [-0.3, -0.25) is 105 Å². The van der Waals surface area contributed by atoms with Crippen LogP contribution in [0.15, 0.2) is 54.7 Å². The Balaban J connectivity index is 0.00000907. The smallest absolute Gasteiger partial charge is 0.300 e. The number of aromatic hydroxyl groups is 1. The molecule has 804 valence electrons. The number of fused-ring (bicyclic) bond motifs is 1. The molecule has 0 unspecified atom stereocenters. The van der Waals surface area contributed by atoms with Gasteiger partial charge in [0.05, 0.1) is 38.8 Å². The third-order valence-electron chi connectivity index (χ3n) is 24.0. The van der Waals surface area contributed by atoms with Crippen molar-refractivity contribution in [1.29, 1.82) is 0 Å². The first-order chi connectivity index (χ1) is 68.0. The van der Waals surface area contributed by atoms with E-state index in [0.29, 0.717) is 30.4 Å². The van der Waals surface area contributed by atoms with E-state index in [9.17, 15) is 116 Å². The van der Waals surface area contributed by atoms with Crippen LogP contribution in [0.25, 0.3) is 10.9 Å². The van der Waals surface area contributed by atoms with Gasteiger partial charge in [-0.15, -0.1) is 0 Å². The van der Waals surface area contributed by atoms with Gasteiger partial charge in [0.25, 0.3) is 5.97 Å². The molecule has 21 amide bonds. The van der Waals surface area contributed by atoms with Gasteiger partial charge in [-0.1, -0.05) is 99.6 Å². The Kier molecular flexibility index (Phi) is 49.2. The summed E-state index contributed by atoms with van der Waals surface area (Å²) in [5.41, 5.74) is 18.1. The van der Waals surface area contributed by atoms with Crippen LogP contribution in [0, 0.1) is 29.6 Å². The fourth-order valence-corrected chi connectivity index (χ4v) is 16.6. The maximum Gasteiger partial charge on any atom is 0.300 e. The van der Waals surface area contributed by atoms with Crippen LogP contribution in [0.5, 0.6) is 5.75 Å². The van der Waals surface area contributed by atoms with Crippen molar-refractivity contribution in [3.8, 4) is 5.75 Å². The van der Waals surface area contributed by atoms with E-state index in [-0.39, 0.29) is 119 Å². The molecule has 0 spiro atoms. The molecule has 4 heterocycles. The average molecular weight is 2040 g/mol. The number of primary amides is 2. The van der Waals surface area contributed by atoms with Crippen molar-refractivity contribution in [3.05, 3.63) is 65.9 Å². The van der Waals surface area contributed by atoms with Crippen molar-refractivity contribution >= 4 is 141 Å². The molecule has 0 bridgehead atoms. The third-order valence-corrected chi connectivity index (χ3v) is 24.0. The predicted molar refractivity (Wildman–Crippen MR) is 525 cm³/mol. The van der Waals surface area contributed by atoms with E-state index in [2.05, 4.69) is 90.1 Å². The van der Waals surface area contributed by atoms with Crippen molar-refractivity contribution in [3.63, 3.8) is 0 Å². The maximum absolute atomic E-state index is 14.7. The number of hydrogen-bond acceptors (Lipinski definition) is 26. The number of nitrogens with one attached hydrogen (secondary N) is 17. The quantitative estimate of drug-likeness (QED) is 0.0251. The number of amides is 21. The summed E-state index contributed by atoms with van der Waals surface area (Å²) in [5.74, 6) is -20.1. The third kappa shape index (κ3) is 39.6. The number of carboxylic acid groups (broad SMARTS) is 1. The van der Waals surface area contributed by atoms with Crippen LogP contribution in [0.4, 0.5) is 0 Å². The van der Waals surface area contributed by atoms with Gasteiger partial charge in [-0.25, -0.2) is 0 Å². The normalized spacial score (nSPS) is 17.5. The molecule has 145 heavy (non-hydrogen) atoms. The van der Waals surface area contributed by atoms with Gasteiger partial charge in [0.15, 0.2) is 0 Å². The molecular formula is C96H149N23O26. The van der Waals surface area contributed by atoms with Crippen LogP contribution in [-0.2, 0) is 118 Å². The fraction of sp³-hybridized carbons (Fsp3) is 0.625. The first kappa shape index (κ1) is 121. The molecule has 3 saturated heterocycles. The molecule has 2 aromatic carbocycles. The summed E-state index contributed by atoms with van der Waals surface area (Å²) in [6, 6.07) is -10.4. The minimum absolute atomic E-state index is 0.0185. The SMILES string of the molecule is CC(=O)O.CC(C)C[C@H](NC(=O)[C@H](C)NC(=O)[C@H](CC(C)C)NC(=O)[C@H](C)NC(=O)[C@@H]1CCCN1C(=O)[C@@H]1CCCN1C(=O)[C@@H]1CCCN1C(=O)CNC(=O)[C@H](CC(C)C)NC(=O)[C@H](CC(C)C)NC(=O)[C@H](Cc1ccc(O)cc1)NC(=O)CNC(=O)[C@H](C)NC(=O)[C@H](CO)NC(=O)[C@H](CC(N)=O)NC(=O)[C@H](CC(C)C)NC(=O)[C@@H](NC(=O)[C@H](Cc1c[nH]c2ccccc12)NC(=O)CN)[C@@H](C)O)C(=O)N[C@@H](C)C(N)=O. The number of nitrogens with two attached hydrogens (primary N) is 3. The van der Waals surface area contributed by atoms with Gasteiger partial charge in [0, 0.05) is 56.5 Å². The zero-order valence-corrected chi connectivity index (χ0v) is 85.2. The number of carbonyl (C=O) groups is 22. The van der Waals surface area contributed by atoms with Crippen LogP contribution >= 0.6 is 0 Å². The number of aliphatic carboxylic acids is 1. The minimum atomic E-state index is -1.90. The fourth-order valence-electron chi connectivity index (χ4n) is 16.6. The van der Waals surface area contributed by atoms with Crippen molar-refractivity contribution in [2.75, 3.05) is 45.9 Å². The summed E-state index contributed by atoms with van der Waals surface area (Å²) in [6.07, 6.45) is 0.728. The molecule has 3 aliphatic rings. The lowest BCUT2D eigenvalue weighted by Gasteiger charge is -2.34. The number of carboxylic acids is 1. The number of aromatic amines is 1. The van der Waals surface area contributed by atoms with E-state index in [1.54, 1.807) is 85.9 Å². The monoisotopic (exact) mass is 2040 g/mol. The number of aromatic nitrogens is 1. The summed E-state index contributed by atoms with van der Waals surface area (Å²) >= 11 is 0. The van der Waals surface area contributed by atoms with E-state index in [4.69, 9.17) is 27.1 Å². The Morgan fingerprint density at radius 1 is 0.400 bits per heavy atom. The molecule has 6 rings (SSSR count). The van der Waals surface area contributed by atoms with E-state index in [1.807, 2.05) is 13.8 Å². The van der Waals surface area contributed by atoms with Crippen molar-refractivity contribution in [1.82, 2.24) is 105 Å². The molecule has 18 atom stereocenters. The van der Waals surface area contributed by atoms with Crippen molar-refractivity contribution < 1.29 is 126 Å². The second-order valence-electron chi connectivity index (χ2n) is 38.9. The van der Waals surface area contributed by atoms with Crippen LogP contribution in [0.1, 0.15) is 199 Å². The standard InChI is InChI=1S/C94H145N23O24.C2H4O2/c1-46(2)33-61(82(129)100-44-76(124)115-30-19-24-71(115)93(140)117-32-20-25-72(117)94(141)116-31-18-23-70(116)91(138)104-54(14)81(128)108-63(35-48(5)6)84(131)103-53(13)80(127)107-62(34-47(3)4)83(130)101-51(11)78(97)125)109-85(132)64(36-49(7)8)110-87(134)66(38-56-26-28-58(120)29-27-56)106-75(123)43-99-79(126)52(12)102-90(137)69(45-118)113-88(135)68(40-73(96)121)111-86(133)65(37-50(9)10)112-92(139)77(55(15)119)114-89(136)67(105-74(122)41-95)39-57-42-98-60-22-17-16-21-59(57)60;1-2(3)4/h16-17,21-22,26-29,42,46-55,61-72,77,98,118-120H,18-20,23-25,30-41,43-45,95H2,1-15H3,(H2,96,121)(H2,97,125)(H,99,126)(H,100,129)(H,101,130)(H,102,137)(H,103,131)(H,104,138)(H,105,122)(H,106,123)(H,107,127)(H,108,128)(H,109,132)(H,110,134)(H,111,133)(H,112,139)(H,113,135)(H,114,136);1H3,(H,3,4)/t51-,52-,53-,54-,55+,61-,62-,63-,64-,65-,66-,67-,68-,69-,70-,71-,72-,77-;/m0./s1. The molecule has 27 N–H and O–H groups in total. The Labute approximate surface area is 841 Å². The molecule has 1 aromatic heterocycles. The second kappa shape index (κ2) is 58.7. The highest BCUT2D eigenvalue weighted by atomic mass is 16.4. The molecule has 3 aliphatic heterocycles. The number of rotatable bonds is 54. The summed E-state index contributed by atoms with van der Waals surface area (Å²) in [6.45, 7) is 22.5. The lowest BCUT2D eigenvalue weighted by Crippen LogP contribution is -2.62. The van der Waals surface area contributed by atoms with Gasteiger partial charge >= 0.3 is 0 Å². The highest BCUT2D eigenvalue weighted by Crippen LogP contribution is 2.30. The molecule has 0 saturated carbocycles. The second-order valence-corrected chi connectivity index (χ2v) is 38.9. The minimum Gasteiger partial charge on any atom is -0.508 e. The number of likely N-dealkylation sites (tertiary alicyclic amines) is 3. The highest BCUT2D eigenvalue weighted by molar-refractivity contribution is 6.03. The Hall–Kier alpha value is -14.0. The Bertz CT molecular complexity index is 5040. The van der Waals surface area contributed by atoms with Crippen molar-refractivity contribution in [2.45, 2.75) is 309 Å². The van der Waals surface area contributed by atoms with Crippen LogP contribution < -0.4 is 102 Å². The van der Waals surface area contributed by atoms with Gasteiger partial charge in [0.2, 0.25) is 124 Å². The van der Waals surface area contributed by atoms with Crippen molar-refractivity contribution in [2.24, 2.45) is 46.8 Å². The van der Waals surface area contributed by atoms with E-state index in [1.165, 1.54) is 66.7 Å². The first-order valence-corrected chi connectivity index (χ1v) is 48.8. The zero-order chi connectivity index (χ0) is 109. The van der Waals surface area contributed by atoms with Gasteiger partial charge in [0.1, 0.15) is 108 Å². The molecular weight excluding hydrogens is 1890 g/mol. The number of nitrogens with zero attached hydrogens (tertiary/aromatic N) is 3. The summed E-state index contributed by atoms with van der Waals surface area (Å²) in [7, 11) is 0. The topological polar surface area (TPSA) is 753 Å². The number of phenolic OH excluding ortho intramolecular Hbond substituents is 1. The number of carbonyl (C=O) groups excluding carboxylic acids is 21. The average Bonchev–Trinajstić information content (AvgIpc) is 1.64. The van der Waals surface area contributed by atoms with Gasteiger partial charge in [-0.05, 0) is 164 Å². The van der Waals surface area contributed by atoms with Crippen LogP contribution in [0.3, 0.4) is 0 Å². The number of phenols is 1. The van der Waals surface area contributed by atoms with Crippen LogP contribution in [-0.4, -0.2) is 325 Å². The molecule has 0 radical (unpaired) electrons. The molecule has 49 nitrogen and oxygen atoms in total. The summed E-state index contributed by atoms with van der Waals surface area (Å²) in [5, 5.41) is 79.6. The van der Waals surface area contributed by atoms with Gasteiger partial charge in [-0.2, -0.15) is 0 Å². The number of para-hydroxylation sites is 1. The number of H-pyrrole nitrogens is 1. The highest BCUT2D eigenvalue weighted by Gasteiger charge is 2.48. The Morgan fingerprint density at radius 2 is 0.772 bits per heavy atom. The number of benzene rings is 2. The number of aliphatic hydroxyl groups is 2. The lowest BCUT2D eigenvalue weighted by atomic mass is 9.99. The predicted octanol–water partition coefficient (Wildman–Crippen LogP) is -5.26.